The van der Waals surface area contributed by atoms with E-state index in [4.69, 9.17) is 4.74 Å². The van der Waals surface area contributed by atoms with Crippen LogP contribution < -0.4 is 9.64 Å². The lowest BCUT2D eigenvalue weighted by Gasteiger charge is -2.36. The molecule has 0 amide bonds. The van der Waals surface area contributed by atoms with Crippen LogP contribution in [-0.2, 0) is 16.4 Å². The summed E-state index contributed by atoms with van der Waals surface area (Å²) in [6, 6.07) is 18.7. The molecule has 31 heavy (non-hydrogen) atoms. The van der Waals surface area contributed by atoms with Crippen LogP contribution in [0.15, 0.2) is 76.8 Å². The summed E-state index contributed by atoms with van der Waals surface area (Å²) >= 11 is 0. The van der Waals surface area contributed by atoms with E-state index in [0.29, 0.717) is 6.54 Å². The number of hydrogen-bond donors (Lipinski definition) is 0. The van der Waals surface area contributed by atoms with Gasteiger partial charge in [-0.1, -0.05) is 29.8 Å². The van der Waals surface area contributed by atoms with Gasteiger partial charge in [0.25, 0.3) is 0 Å². The summed E-state index contributed by atoms with van der Waals surface area (Å²) < 4.78 is 31.7. The molecular formula is C24H27N3O3S. The molecule has 0 radical (unpaired) electrons. The number of aryl methyl sites for hydroxylation is 1. The van der Waals surface area contributed by atoms with Crippen LogP contribution in [0.25, 0.3) is 0 Å². The summed E-state index contributed by atoms with van der Waals surface area (Å²) in [5.74, 6) is 0.848. The second-order valence-electron chi connectivity index (χ2n) is 7.75. The Morgan fingerprint density at radius 3 is 2.42 bits per heavy atom. The smallest absolute Gasteiger partial charge is 0.224 e. The van der Waals surface area contributed by atoms with Crippen molar-refractivity contribution in [3.8, 4) is 5.75 Å². The second-order valence-corrected chi connectivity index (χ2v) is 9.61. The zero-order valence-electron chi connectivity index (χ0n) is 17.9. The van der Waals surface area contributed by atoms with Gasteiger partial charge < -0.3 is 9.64 Å². The molecule has 7 heteroatoms. The molecule has 0 atom stereocenters. The van der Waals surface area contributed by atoms with E-state index in [1.54, 1.807) is 31.5 Å². The van der Waals surface area contributed by atoms with E-state index in [1.807, 2.05) is 43.3 Å². The minimum Gasteiger partial charge on any atom is -0.497 e. The number of aromatic nitrogens is 1. The average Bonchev–Trinajstić information content (AvgIpc) is 2.80. The highest BCUT2D eigenvalue weighted by molar-refractivity contribution is 7.91. The Bertz CT molecular complexity index is 1140. The third-order valence-electron chi connectivity index (χ3n) is 5.62. The van der Waals surface area contributed by atoms with Gasteiger partial charge in [0.05, 0.1) is 12.0 Å². The first-order valence-electron chi connectivity index (χ1n) is 10.3. The zero-order chi connectivity index (χ0) is 21.8. The van der Waals surface area contributed by atoms with Gasteiger partial charge in [-0.05, 0) is 37.3 Å². The number of rotatable bonds is 6. The van der Waals surface area contributed by atoms with Crippen LogP contribution in [0.5, 0.6) is 5.75 Å². The molecule has 1 aliphatic rings. The molecule has 1 aromatic heterocycles. The number of hydrogen-bond acceptors (Lipinski definition) is 6. The molecule has 2 heterocycles. The number of methoxy groups -OCH3 is 1. The number of pyridine rings is 1. The quantitative estimate of drug-likeness (QED) is 0.588. The Hall–Kier alpha value is -2.90. The summed E-state index contributed by atoms with van der Waals surface area (Å²) in [6.45, 7) is 5.92. The Morgan fingerprint density at radius 1 is 0.968 bits per heavy atom. The van der Waals surface area contributed by atoms with Crippen LogP contribution >= 0.6 is 0 Å². The van der Waals surface area contributed by atoms with Crippen molar-refractivity contribution in [2.24, 2.45) is 0 Å². The van der Waals surface area contributed by atoms with Crippen molar-refractivity contribution in [3.05, 3.63) is 78.0 Å². The van der Waals surface area contributed by atoms with Crippen molar-refractivity contribution in [1.29, 1.82) is 0 Å². The largest absolute Gasteiger partial charge is 0.497 e. The molecular weight excluding hydrogens is 410 g/mol. The second kappa shape index (κ2) is 9.08. The van der Waals surface area contributed by atoms with Gasteiger partial charge in [0.1, 0.15) is 5.75 Å². The van der Waals surface area contributed by atoms with Gasteiger partial charge >= 0.3 is 0 Å². The summed E-state index contributed by atoms with van der Waals surface area (Å²) in [7, 11) is -1.99. The van der Waals surface area contributed by atoms with E-state index >= 15 is 0 Å². The Morgan fingerprint density at radius 2 is 1.71 bits per heavy atom. The van der Waals surface area contributed by atoms with E-state index in [2.05, 4.69) is 20.9 Å². The van der Waals surface area contributed by atoms with Crippen molar-refractivity contribution in [2.45, 2.75) is 23.4 Å². The molecule has 0 spiro atoms. The van der Waals surface area contributed by atoms with Crippen molar-refractivity contribution >= 4 is 15.5 Å². The molecule has 0 bridgehead atoms. The third-order valence-corrected chi connectivity index (χ3v) is 7.39. The summed E-state index contributed by atoms with van der Waals surface area (Å²) in [5.41, 5.74) is 2.90. The standard InChI is InChI=1S/C24H27N3O3S/c1-19-8-10-23(11-9-19)31(28,29)24-20(5-4-12-25-24)18-26-13-15-27(16-14-26)21-6-3-7-22(17-21)30-2/h3-12,17H,13-16,18H2,1-2H3. The Labute approximate surface area is 184 Å². The van der Waals surface area contributed by atoms with Crippen LogP contribution in [0.2, 0.25) is 0 Å². The molecule has 0 saturated carbocycles. The summed E-state index contributed by atoms with van der Waals surface area (Å²) in [5, 5.41) is 0.147. The van der Waals surface area contributed by atoms with Gasteiger partial charge in [-0.15, -0.1) is 0 Å². The van der Waals surface area contributed by atoms with Crippen molar-refractivity contribution < 1.29 is 13.2 Å². The molecule has 0 unspecified atom stereocenters. The topological polar surface area (TPSA) is 62.7 Å². The van der Waals surface area contributed by atoms with Gasteiger partial charge in [-0.3, -0.25) is 4.90 Å². The van der Waals surface area contributed by atoms with Crippen LogP contribution in [0.1, 0.15) is 11.1 Å². The van der Waals surface area contributed by atoms with E-state index in [1.165, 1.54) is 0 Å². The first-order valence-corrected chi connectivity index (χ1v) is 11.8. The fourth-order valence-corrected chi connectivity index (χ4v) is 5.22. The van der Waals surface area contributed by atoms with Crippen LogP contribution in [0, 0.1) is 6.92 Å². The van der Waals surface area contributed by atoms with Crippen molar-refractivity contribution in [3.63, 3.8) is 0 Å². The van der Waals surface area contributed by atoms with Gasteiger partial charge in [0, 0.05) is 56.2 Å². The number of sulfone groups is 1. The van der Waals surface area contributed by atoms with Crippen LogP contribution in [0.3, 0.4) is 0 Å². The molecule has 3 aromatic rings. The fraction of sp³-hybridized carbons (Fsp3) is 0.292. The zero-order valence-corrected chi connectivity index (χ0v) is 18.7. The van der Waals surface area contributed by atoms with Crippen molar-refractivity contribution in [2.75, 3.05) is 38.2 Å². The molecule has 1 saturated heterocycles. The van der Waals surface area contributed by atoms with E-state index in [-0.39, 0.29) is 9.92 Å². The first-order chi connectivity index (χ1) is 15.0. The number of ether oxygens (including phenoxy) is 1. The SMILES string of the molecule is COc1cccc(N2CCN(Cc3cccnc3S(=O)(=O)c3ccc(C)cc3)CC2)c1. The molecule has 162 valence electrons. The molecule has 0 aliphatic carbocycles. The van der Waals surface area contributed by atoms with Crippen molar-refractivity contribution in [1.82, 2.24) is 9.88 Å². The average molecular weight is 438 g/mol. The van der Waals surface area contributed by atoms with E-state index < -0.39 is 9.84 Å². The molecule has 4 rings (SSSR count). The molecule has 1 fully saturated rings. The molecule has 2 aromatic carbocycles. The normalized spacial score (nSPS) is 15.1. The minimum atomic E-state index is -3.66. The number of piperazine rings is 1. The lowest BCUT2D eigenvalue weighted by atomic mass is 10.2. The molecule has 1 aliphatic heterocycles. The Kier molecular flexibility index (Phi) is 6.25. The van der Waals surface area contributed by atoms with Gasteiger partial charge in [0.15, 0.2) is 5.03 Å². The lowest BCUT2D eigenvalue weighted by molar-refractivity contribution is 0.247. The Balaban J connectivity index is 1.48. The maximum absolute atomic E-state index is 13.2. The highest BCUT2D eigenvalue weighted by Gasteiger charge is 2.25. The van der Waals surface area contributed by atoms with Crippen LogP contribution in [-0.4, -0.2) is 51.6 Å². The maximum atomic E-state index is 13.2. The predicted octanol–water partition coefficient (Wildman–Crippen LogP) is 3.55. The monoisotopic (exact) mass is 437 g/mol. The predicted molar refractivity (Wildman–Crippen MR) is 121 cm³/mol. The molecule has 6 nitrogen and oxygen atoms in total. The van der Waals surface area contributed by atoms with Gasteiger partial charge in [0.2, 0.25) is 9.84 Å². The van der Waals surface area contributed by atoms with Gasteiger partial charge in [-0.2, -0.15) is 0 Å². The van der Waals surface area contributed by atoms with Crippen LogP contribution in [0.4, 0.5) is 5.69 Å². The van der Waals surface area contributed by atoms with Gasteiger partial charge in [-0.25, -0.2) is 13.4 Å². The minimum absolute atomic E-state index is 0.147. The van der Waals surface area contributed by atoms with E-state index in [9.17, 15) is 8.42 Å². The lowest BCUT2D eigenvalue weighted by Crippen LogP contribution is -2.46. The highest BCUT2D eigenvalue weighted by atomic mass is 32.2. The summed E-state index contributed by atoms with van der Waals surface area (Å²) in [4.78, 5) is 9.14. The third kappa shape index (κ3) is 4.73. The summed E-state index contributed by atoms with van der Waals surface area (Å²) in [6.07, 6.45) is 1.55. The highest BCUT2D eigenvalue weighted by Crippen LogP contribution is 2.25. The van der Waals surface area contributed by atoms with E-state index in [0.717, 1.165) is 48.7 Å². The maximum Gasteiger partial charge on any atom is 0.224 e. The first kappa shape index (κ1) is 21.3. The fourth-order valence-electron chi connectivity index (χ4n) is 3.83. The molecule has 0 N–H and O–H groups in total. The number of nitrogens with zero attached hydrogens (tertiary/aromatic N) is 3. The number of anilines is 1. The number of benzene rings is 2.